The molecular formula is C15H18N6O2S. The lowest BCUT2D eigenvalue weighted by Crippen LogP contribution is -2.45. The lowest BCUT2D eigenvalue weighted by atomic mass is 10.2. The Balaban J connectivity index is 1.43. The van der Waals surface area contributed by atoms with Crippen molar-refractivity contribution in [2.45, 2.75) is 25.6 Å². The van der Waals surface area contributed by atoms with Crippen molar-refractivity contribution < 1.29 is 9.15 Å². The van der Waals surface area contributed by atoms with Gasteiger partial charge in [0.1, 0.15) is 12.7 Å². The van der Waals surface area contributed by atoms with E-state index >= 15 is 0 Å². The van der Waals surface area contributed by atoms with Crippen molar-refractivity contribution in [1.29, 1.82) is 0 Å². The molecule has 1 aliphatic heterocycles. The number of morpholine rings is 1. The maximum atomic E-state index is 5.86. The molecule has 4 rings (SSSR count). The Kier molecular flexibility index (Phi) is 4.37. The van der Waals surface area contributed by atoms with Gasteiger partial charge in [0, 0.05) is 13.1 Å². The van der Waals surface area contributed by atoms with E-state index in [0.717, 1.165) is 18.0 Å². The molecule has 126 valence electrons. The van der Waals surface area contributed by atoms with E-state index in [1.165, 1.54) is 6.33 Å². The van der Waals surface area contributed by atoms with Gasteiger partial charge < -0.3 is 9.15 Å². The van der Waals surface area contributed by atoms with Gasteiger partial charge in [-0.2, -0.15) is 5.10 Å². The minimum atomic E-state index is 0.0494. The molecule has 3 aromatic heterocycles. The molecule has 0 saturated carbocycles. The summed E-state index contributed by atoms with van der Waals surface area (Å²) in [5.74, 6) is 1.22. The summed E-state index contributed by atoms with van der Waals surface area (Å²) in [6.45, 7) is 5.08. The van der Waals surface area contributed by atoms with Crippen LogP contribution in [-0.2, 0) is 11.3 Å². The van der Waals surface area contributed by atoms with E-state index in [9.17, 15) is 0 Å². The highest BCUT2D eigenvalue weighted by Gasteiger charge is 2.28. The summed E-state index contributed by atoms with van der Waals surface area (Å²) >= 11 is 1.59. The van der Waals surface area contributed by atoms with Crippen molar-refractivity contribution >= 4 is 11.3 Å². The Morgan fingerprint density at radius 3 is 3.17 bits per heavy atom. The molecule has 2 atom stereocenters. The number of hydrogen-bond acceptors (Lipinski definition) is 8. The first-order chi connectivity index (χ1) is 11.8. The highest BCUT2D eigenvalue weighted by molar-refractivity contribution is 7.13. The molecule has 0 bridgehead atoms. The van der Waals surface area contributed by atoms with Crippen LogP contribution in [0.15, 0.2) is 34.6 Å². The molecule has 1 aliphatic rings. The van der Waals surface area contributed by atoms with Crippen LogP contribution >= 0.6 is 11.3 Å². The smallest absolute Gasteiger partial charge is 0.257 e. The molecule has 8 nitrogen and oxygen atoms in total. The van der Waals surface area contributed by atoms with Gasteiger partial charge in [0.2, 0.25) is 5.89 Å². The molecule has 4 heterocycles. The zero-order valence-corrected chi connectivity index (χ0v) is 14.1. The minimum Gasteiger partial charge on any atom is -0.418 e. The van der Waals surface area contributed by atoms with Crippen LogP contribution < -0.4 is 0 Å². The van der Waals surface area contributed by atoms with Gasteiger partial charge >= 0.3 is 0 Å². The van der Waals surface area contributed by atoms with Crippen LogP contribution in [0.25, 0.3) is 10.8 Å². The molecule has 0 spiro atoms. The maximum absolute atomic E-state index is 5.86. The fourth-order valence-corrected chi connectivity index (χ4v) is 3.44. The molecule has 24 heavy (non-hydrogen) atoms. The predicted octanol–water partition coefficient (Wildman–Crippen LogP) is 1.85. The zero-order chi connectivity index (χ0) is 16.4. The topological polar surface area (TPSA) is 82.1 Å². The summed E-state index contributed by atoms with van der Waals surface area (Å²) in [5, 5.41) is 14.5. The van der Waals surface area contributed by atoms with Crippen LogP contribution in [0.5, 0.6) is 0 Å². The van der Waals surface area contributed by atoms with Gasteiger partial charge in [-0.15, -0.1) is 21.5 Å². The first-order valence-electron chi connectivity index (χ1n) is 7.85. The van der Waals surface area contributed by atoms with Crippen LogP contribution in [-0.4, -0.2) is 55.7 Å². The second-order valence-electron chi connectivity index (χ2n) is 5.70. The number of nitrogens with zero attached hydrogens (tertiary/aromatic N) is 6. The average molecular weight is 346 g/mol. The number of aromatic nitrogens is 5. The molecule has 0 amide bonds. The molecular weight excluding hydrogens is 328 g/mol. The van der Waals surface area contributed by atoms with Crippen LogP contribution in [0.1, 0.15) is 18.9 Å². The molecule has 0 N–H and O–H groups in total. The van der Waals surface area contributed by atoms with Crippen molar-refractivity contribution in [2.75, 3.05) is 19.7 Å². The first-order valence-corrected chi connectivity index (χ1v) is 8.73. The van der Waals surface area contributed by atoms with Crippen molar-refractivity contribution in [3.8, 4) is 10.8 Å². The van der Waals surface area contributed by atoms with Crippen molar-refractivity contribution in [2.24, 2.45) is 0 Å². The third kappa shape index (κ3) is 3.23. The SMILES string of the molecule is C[C@@H](c1nnc(-c2cccs2)o1)N1CCO[C@H](Cn2cncn2)C1. The molecule has 0 aliphatic carbocycles. The molecule has 0 radical (unpaired) electrons. The molecule has 1 fully saturated rings. The Morgan fingerprint density at radius 1 is 1.42 bits per heavy atom. The Bertz CT molecular complexity index is 757. The standard InChI is InChI=1S/C15H18N6O2S/c1-11(14-18-19-15(23-14)13-3-2-6-24-13)20-4-5-22-12(7-20)8-21-10-16-9-17-21/h2-3,6,9-12H,4-5,7-8H2,1H3/t11-,12-/m0/s1. The van der Waals surface area contributed by atoms with Gasteiger partial charge in [-0.25, -0.2) is 4.98 Å². The molecule has 9 heteroatoms. The van der Waals surface area contributed by atoms with Crippen LogP contribution in [0.3, 0.4) is 0 Å². The zero-order valence-electron chi connectivity index (χ0n) is 13.3. The van der Waals surface area contributed by atoms with Crippen LogP contribution in [0, 0.1) is 0 Å². The molecule has 0 aromatic carbocycles. The van der Waals surface area contributed by atoms with E-state index in [2.05, 4.69) is 32.1 Å². The number of rotatable bonds is 5. The largest absolute Gasteiger partial charge is 0.418 e. The van der Waals surface area contributed by atoms with E-state index < -0.39 is 0 Å². The van der Waals surface area contributed by atoms with Gasteiger partial charge in [0.05, 0.1) is 30.2 Å². The fourth-order valence-electron chi connectivity index (χ4n) is 2.80. The quantitative estimate of drug-likeness (QED) is 0.697. The minimum absolute atomic E-state index is 0.0494. The first kappa shape index (κ1) is 15.4. The summed E-state index contributed by atoms with van der Waals surface area (Å²) in [6, 6.07) is 4.01. The Labute approximate surface area is 143 Å². The molecule has 3 aromatic rings. The lowest BCUT2D eigenvalue weighted by Gasteiger charge is -2.35. The average Bonchev–Trinajstić information content (AvgIpc) is 3.35. The molecule has 0 unspecified atom stereocenters. The number of hydrogen-bond donors (Lipinski definition) is 0. The third-order valence-electron chi connectivity index (χ3n) is 4.11. The van der Waals surface area contributed by atoms with Crippen LogP contribution in [0.2, 0.25) is 0 Å². The normalized spacial score (nSPS) is 20.3. The highest BCUT2D eigenvalue weighted by atomic mass is 32.1. The predicted molar refractivity (Wildman–Crippen MR) is 87.4 cm³/mol. The van der Waals surface area contributed by atoms with E-state index in [-0.39, 0.29) is 12.1 Å². The third-order valence-corrected chi connectivity index (χ3v) is 4.96. The van der Waals surface area contributed by atoms with Gasteiger partial charge in [0.25, 0.3) is 5.89 Å². The van der Waals surface area contributed by atoms with E-state index in [1.54, 1.807) is 22.3 Å². The Morgan fingerprint density at radius 2 is 2.38 bits per heavy atom. The van der Waals surface area contributed by atoms with E-state index in [4.69, 9.17) is 9.15 Å². The van der Waals surface area contributed by atoms with Gasteiger partial charge in [-0.3, -0.25) is 9.58 Å². The van der Waals surface area contributed by atoms with E-state index in [1.807, 2.05) is 17.5 Å². The van der Waals surface area contributed by atoms with Gasteiger partial charge in [-0.05, 0) is 18.4 Å². The van der Waals surface area contributed by atoms with Crippen molar-refractivity contribution in [3.63, 3.8) is 0 Å². The van der Waals surface area contributed by atoms with Crippen molar-refractivity contribution in [1.82, 2.24) is 29.9 Å². The summed E-state index contributed by atoms with van der Waals surface area (Å²) in [5.41, 5.74) is 0. The summed E-state index contributed by atoms with van der Waals surface area (Å²) < 4.78 is 13.5. The number of ether oxygens (including phenoxy) is 1. The lowest BCUT2D eigenvalue weighted by molar-refractivity contribution is -0.0526. The van der Waals surface area contributed by atoms with E-state index in [0.29, 0.717) is 24.9 Å². The Hall–Kier alpha value is -2.10. The summed E-state index contributed by atoms with van der Waals surface area (Å²) in [6.07, 6.45) is 3.31. The van der Waals surface area contributed by atoms with Crippen LogP contribution in [0.4, 0.5) is 0 Å². The highest BCUT2D eigenvalue weighted by Crippen LogP contribution is 2.27. The maximum Gasteiger partial charge on any atom is 0.257 e. The molecule has 1 saturated heterocycles. The second-order valence-corrected chi connectivity index (χ2v) is 6.65. The second kappa shape index (κ2) is 6.80. The monoisotopic (exact) mass is 346 g/mol. The van der Waals surface area contributed by atoms with Gasteiger partial charge in [0.15, 0.2) is 0 Å². The van der Waals surface area contributed by atoms with Gasteiger partial charge in [-0.1, -0.05) is 6.07 Å². The summed E-state index contributed by atoms with van der Waals surface area (Å²) in [7, 11) is 0. The summed E-state index contributed by atoms with van der Waals surface area (Å²) in [4.78, 5) is 7.26. The fraction of sp³-hybridized carbons (Fsp3) is 0.467. The van der Waals surface area contributed by atoms with Crippen molar-refractivity contribution in [3.05, 3.63) is 36.1 Å². The number of thiophene rings is 1.